The van der Waals surface area contributed by atoms with Crippen molar-refractivity contribution >= 4 is 35.0 Å². The fourth-order valence-electron chi connectivity index (χ4n) is 4.41. The number of hydrogen-bond donors (Lipinski definition) is 2. The molecule has 0 bridgehead atoms. The molecule has 0 spiro atoms. The van der Waals surface area contributed by atoms with Gasteiger partial charge in [-0.15, -0.1) is 0 Å². The number of pyridine rings is 1. The number of β-lactam (4-membered cyclic amide) rings is 1. The van der Waals surface area contributed by atoms with E-state index >= 15 is 0 Å². The van der Waals surface area contributed by atoms with Crippen molar-refractivity contribution in [2.75, 3.05) is 12.1 Å². The van der Waals surface area contributed by atoms with Crippen LogP contribution in [-0.4, -0.2) is 57.7 Å². The van der Waals surface area contributed by atoms with Crippen LogP contribution in [0.3, 0.4) is 0 Å². The molecular formula is C27H29N3O7. The van der Waals surface area contributed by atoms with Crippen LogP contribution in [0.4, 0.5) is 5.69 Å². The second-order valence-electron chi connectivity index (χ2n) is 10.1. The number of nitrogens with zero attached hydrogens (tertiary/aromatic N) is 2. The molecule has 10 heteroatoms. The van der Waals surface area contributed by atoms with E-state index < -0.39 is 48.1 Å². The molecule has 1 aromatic carbocycles. The highest BCUT2D eigenvalue weighted by atomic mass is 16.7. The summed E-state index contributed by atoms with van der Waals surface area (Å²) in [6.07, 6.45) is 0.943. The zero-order valence-electron chi connectivity index (χ0n) is 21.1. The number of ether oxygens (including phenoxy) is 2. The maximum absolute atomic E-state index is 13.1. The third-order valence-corrected chi connectivity index (χ3v) is 6.28. The van der Waals surface area contributed by atoms with Crippen LogP contribution in [0.5, 0.6) is 0 Å². The van der Waals surface area contributed by atoms with Crippen LogP contribution in [0.2, 0.25) is 0 Å². The summed E-state index contributed by atoms with van der Waals surface area (Å²) in [5, 5.41) is 12.9. The molecule has 2 amide bonds. The van der Waals surface area contributed by atoms with Crippen molar-refractivity contribution in [1.29, 1.82) is 0 Å². The van der Waals surface area contributed by atoms with Crippen molar-refractivity contribution in [1.82, 2.24) is 9.88 Å². The number of aliphatic hydroxyl groups excluding tert-OH is 1. The van der Waals surface area contributed by atoms with Gasteiger partial charge in [0.1, 0.15) is 11.4 Å². The van der Waals surface area contributed by atoms with Crippen LogP contribution in [0.25, 0.3) is 5.57 Å². The highest BCUT2D eigenvalue weighted by molar-refractivity contribution is 6.07. The molecule has 3 heterocycles. The van der Waals surface area contributed by atoms with Gasteiger partial charge in [0, 0.05) is 11.9 Å². The second kappa shape index (κ2) is 10.1. The first kappa shape index (κ1) is 26.0. The zero-order valence-corrected chi connectivity index (χ0v) is 21.1. The Morgan fingerprint density at radius 1 is 1.16 bits per heavy atom. The van der Waals surface area contributed by atoms with E-state index in [1.54, 1.807) is 63.2 Å². The Labute approximate surface area is 214 Å². The van der Waals surface area contributed by atoms with Crippen LogP contribution >= 0.6 is 0 Å². The average molecular weight is 508 g/mol. The summed E-state index contributed by atoms with van der Waals surface area (Å²) in [4.78, 5) is 55.9. The van der Waals surface area contributed by atoms with Crippen molar-refractivity contribution in [3.8, 4) is 0 Å². The fraction of sp³-hybridized carbons (Fsp3) is 0.370. The number of rotatable bonds is 7. The first-order chi connectivity index (χ1) is 17.5. The number of esters is 2. The number of amides is 2. The highest BCUT2D eigenvalue weighted by Crippen LogP contribution is 2.47. The first-order valence-electron chi connectivity index (χ1n) is 11.9. The van der Waals surface area contributed by atoms with Crippen LogP contribution in [0, 0.1) is 11.3 Å². The van der Waals surface area contributed by atoms with Gasteiger partial charge in [0.05, 0.1) is 23.5 Å². The lowest BCUT2D eigenvalue weighted by Gasteiger charge is -2.44. The number of carbonyl (C=O) groups is 4. The minimum absolute atomic E-state index is 0.0342. The lowest BCUT2D eigenvalue weighted by Crippen LogP contribution is -2.61. The van der Waals surface area contributed by atoms with Crippen LogP contribution in [0.15, 0.2) is 54.4 Å². The van der Waals surface area contributed by atoms with Crippen molar-refractivity contribution in [2.45, 2.75) is 46.3 Å². The molecule has 0 radical (unpaired) electrons. The Bertz CT molecular complexity index is 1260. The zero-order chi connectivity index (χ0) is 26.9. The molecular weight excluding hydrogens is 478 g/mol. The van der Waals surface area contributed by atoms with Gasteiger partial charge in [-0.05, 0) is 69.5 Å². The van der Waals surface area contributed by atoms with E-state index in [9.17, 15) is 24.3 Å². The minimum Gasteiger partial charge on any atom is -0.427 e. The second-order valence-corrected chi connectivity index (χ2v) is 10.1. The largest absolute Gasteiger partial charge is 0.427 e. The Hall–Kier alpha value is -4.05. The molecule has 1 aromatic heterocycles. The molecule has 0 saturated carbocycles. The van der Waals surface area contributed by atoms with Gasteiger partial charge < -0.3 is 24.8 Å². The molecule has 37 heavy (non-hydrogen) atoms. The standard InChI is InChI=1S/C27H29N3O7/c1-15(31)21-20-13-18(16-8-7-9-17(12-16)29-23(32)19-10-5-6-11-28-19)22(30(20)24(21)33)25(34)36-14-37-26(35)27(2,3)4/h5-12,15,20-21,31H,13-14H2,1-4H3,(H,29,32)/t15-,20-,21-/m1/s1. The van der Waals surface area contributed by atoms with Crippen LogP contribution < -0.4 is 5.32 Å². The van der Waals surface area contributed by atoms with Gasteiger partial charge >= 0.3 is 11.9 Å². The van der Waals surface area contributed by atoms with Gasteiger partial charge in [-0.3, -0.25) is 19.4 Å². The van der Waals surface area contributed by atoms with Crippen LogP contribution in [-0.2, 0) is 23.9 Å². The van der Waals surface area contributed by atoms with Gasteiger partial charge in [0.15, 0.2) is 0 Å². The Kier molecular flexibility index (Phi) is 7.13. The van der Waals surface area contributed by atoms with Gasteiger partial charge in [-0.1, -0.05) is 18.2 Å². The Morgan fingerprint density at radius 2 is 1.92 bits per heavy atom. The van der Waals surface area contributed by atoms with Gasteiger partial charge in [0.25, 0.3) is 5.91 Å². The Morgan fingerprint density at radius 3 is 2.57 bits per heavy atom. The summed E-state index contributed by atoms with van der Waals surface area (Å²) in [7, 11) is 0. The van der Waals surface area contributed by atoms with Gasteiger partial charge in [-0.2, -0.15) is 0 Å². The SMILES string of the molecule is C[C@@H](O)[C@H]1C(=O)N2C(C(=O)OCOC(=O)C(C)(C)C)=C(c3cccc(NC(=O)c4ccccn4)c3)C[C@H]12. The third-order valence-electron chi connectivity index (χ3n) is 6.28. The minimum atomic E-state index is -0.887. The summed E-state index contributed by atoms with van der Waals surface area (Å²) in [5.74, 6) is -2.78. The number of anilines is 1. The van der Waals surface area contributed by atoms with E-state index in [2.05, 4.69) is 10.3 Å². The van der Waals surface area contributed by atoms with Gasteiger partial charge in [-0.25, -0.2) is 4.79 Å². The lowest BCUT2D eigenvalue weighted by atomic mass is 9.82. The maximum atomic E-state index is 13.1. The number of nitrogens with one attached hydrogen (secondary N) is 1. The molecule has 3 atom stereocenters. The first-order valence-corrected chi connectivity index (χ1v) is 11.9. The predicted octanol–water partition coefficient (Wildman–Crippen LogP) is 2.75. The molecule has 194 valence electrons. The summed E-state index contributed by atoms with van der Waals surface area (Å²) < 4.78 is 10.3. The van der Waals surface area contributed by atoms with E-state index in [0.717, 1.165) is 0 Å². The molecule has 2 aliphatic heterocycles. The number of hydrogen-bond acceptors (Lipinski definition) is 8. The molecule has 2 N–H and O–H groups in total. The number of fused-ring (bicyclic) bond motifs is 1. The maximum Gasteiger partial charge on any atom is 0.358 e. The summed E-state index contributed by atoms with van der Waals surface area (Å²) >= 11 is 0. The molecule has 2 aromatic rings. The molecule has 1 fully saturated rings. The van der Waals surface area contributed by atoms with E-state index in [-0.39, 0.29) is 17.3 Å². The number of benzene rings is 1. The van der Waals surface area contributed by atoms with Crippen molar-refractivity contribution in [3.05, 3.63) is 65.6 Å². The van der Waals surface area contributed by atoms with Gasteiger partial charge in [0.2, 0.25) is 12.7 Å². The van der Waals surface area contributed by atoms with Crippen LogP contribution in [0.1, 0.15) is 50.2 Å². The van der Waals surface area contributed by atoms with E-state index in [1.807, 2.05) is 0 Å². The molecule has 2 aliphatic rings. The normalized spacial score (nSPS) is 19.6. The van der Waals surface area contributed by atoms with E-state index in [1.165, 1.54) is 18.0 Å². The van der Waals surface area contributed by atoms with Crippen molar-refractivity contribution < 1.29 is 33.8 Å². The summed E-state index contributed by atoms with van der Waals surface area (Å²) in [6, 6.07) is 11.5. The average Bonchev–Trinajstić information content (AvgIpc) is 3.19. The molecule has 4 rings (SSSR count). The number of aromatic nitrogens is 1. The third kappa shape index (κ3) is 5.24. The predicted molar refractivity (Wildman–Crippen MR) is 132 cm³/mol. The Balaban J connectivity index is 1.60. The number of aliphatic hydroxyl groups is 1. The number of carbonyl (C=O) groups excluding carboxylic acids is 4. The fourth-order valence-corrected chi connectivity index (χ4v) is 4.41. The summed E-state index contributed by atoms with van der Waals surface area (Å²) in [5.41, 5.74) is 1.11. The van der Waals surface area contributed by atoms with E-state index in [0.29, 0.717) is 23.2 Å². The molecule has 0 unspecified atom stereocenters. The van der Waals surface area contributed by atoms with Crippen molar-refractivity contribution in [3.63, 3.8) is 0 Å². The lowest BCUT2D eigenvalue weighted by molar-refractivity contribution is -0.175. The topological polar surface area (TPSA) is 135 Å². The quantitative estimate of drug-likeness (QED) is 0.332. The molecule has 0 aliphatic carbocycles. The monoisotopic (exact) mass is 507 g/mol. The molecule has 1 saturated heterocycles. The molecule has 10 nitrogen and oxygen atoms in total. The van der Waals surface area contributed by atoms with E-state index in [4.69, 9.17) is 9.47 Å². The summed E-state index contributed by atoms with van der Waals surface area (Å²) in [6.45, 7) is 5.96. The highest BCUT2D eigenvalue weighted by Gasteiger charge is 2.57. The smallest absolute Gasteiger partial charge is 0.358 e. The van der Waals surface area contributed by atoms with Crippen molar-refractivity contribution in [2.24, 2.45) is 11.3 Å².